The van der Waals surface area contributed by atoms with E-state index in [4.69, 9.17) is 18.9 Å². The molecule has 3 aromatic rings. The SMILES string of the molecule is CC(=O)OC[C@@H]1O[C@H](n2cnc3c(NCc4ccccc4)ncnc32)[C@H]2OC(C)(C)O[C@H]21. The van der Waals surface area contributed by atoms with E-state index in [1.165, 1.54) is 13.3 Å². The molecule has 10 nitrogen and oxygen atoms in total. The van der Waals surface area contributed by atoms with Gasteiger partial charge in [-0.05, 0) is 19.4 Å². The first-order chi connectivity index (χ1) is 15.4. The first-order valence-corrected chi connectivity index (χ1v) is 10.5. The minimum Gasteiger partial charge on any atom is -0.463 e. The van der Waals surface area contributed by atoms with E-state index < -0.39 is 24.2 Å². The van der Waals surface area contributed by atoms with Crippen LogP contribution in [0.15, 0.2) is 43.0 Å². The van der Waals surface area contributed by atoms with Gasteiger partial charge in [0.1, 0.15) is 31.2 Å². The summed E-state index contributed by atoms with van der Waals surface area (Å²) in [4.78, 5) is 24.7. The van der Waals surface area contributed by atoms with Gasteiger partial charge < -0.3 is 24.3 Å². The Kier molecular flexibility index (Phi) is 5.28. The summed E-state index contributed by atoms with van der Waals surface area (Å²) in [5.41, 5.74) is 2.37. The number of nitrogens with zero attached hydrogens (tertiary/aromatic N) is 4. The second-order valence-electron chi connectivity index (χ2n) is 8.32. The Labute approximate surface area is 184 Å². The molecular weight excluding hydrogens is 414 g/mol. The number of benzene rings is 1. The highest BCUT2D eigenvalue weighted by atomic mass is 16.8. The minimum atomic E-state index is -0.778. The first kappa shape index (κ1) is 20.8. The molecule has 0 aliphatic carbocycles. The van der Waals surface area contributed by atoms with Gasteiger partial charge in [-0.15, -0.1) is 0 Å². The van der Waals surface area contributed by atoms with Crippen LogP contribution >= 0.6 is 0 Å². The highest BCUT2D eigenvalue weighted by Gasteiger charge is 2.56. The number of carbonyl (C=O) groups is 1. The molecule has 10 heteroatoms. The third kappa shape index (κ3) is 3.92. The number of hydrogen-bond acceptors (Lipinski definition) is 9. The minimum absolute atomic E-state index is 0.0813. The zero-order valence-corrected chi connectivity index (χ0v) is 18.1. The number of esters is 1. The van der Waals surface area contributed by atoms with E-state index in [0.717, 1.165) is 5.56 Å². The summed E-state index contributed by atoms with van der Waals surface area (Å²) < 4.78 is 25.4. The number of rotatable bonds is 6. The molecule has 2 aliphatic heterocycles. The molecule has 0 radical (unpaired) electrons. The monoisotopic (exact) mass is 439 g/mol. The molecule has 0 amide bonds. The third-order valence-corrected chi connectivity index (χ3v) is 5.51. The van der Waals surface area contributed by atoms with E-state index in [9.17, 15) is 4.79 Å². The smallest absolute Gasteiger partial charge is 0.302 e. The van der Waals surface area contributed by atoms with E-state index >= 15 is 0 Å². The summed E-state index contributed by atoms with van der Waals surface area (Å²) in [5, 5.41) is 3.33. The number of hydrogen-bond donors (Lipinski definition) is 1. The number of ether oxygens (including phenoxy) is 4. The van der Waals surface area contributed by atoms with Crippen LogP contribution in [0.25, 0.3) is 11.2 Å². The van der Waals surface area contributed by atoms with Crippen LogP contribution in [0.4, 0.5) is 5.82 Å². The summed E-state index contributed by atoms with van der Waals surface area (Å²) in [6.07, 6.45) is 1.36. The first-order valence-electron chi connectivity index (χ1n) is 10.5. The molecule has 2 fully saturated rings. The van der Waals surface area contributed by atoms with Gasteiger partial charge in [-0.2, -0.15) is 0 Å². The molecule has 4 heterocycles. The Bertz CT molecular complexity index is 1120. The third-order valence-electron chi connectivity index (χ3n) is 5.51. The van der Waals surface area contributed by atoms with Gasteiger partial charge in [0, 0.05) is 13.5 Å². The zero-order chi connectivity index (χ0) is 22.3. The average Bonchev–Trinajstić information content (AvgIpc) is 3.42. The van der Waals surface area contributed by atoms with Gasteiger partial charge in [0.2, 0.25) is 0 Å². The number of carbonyl (C=O) groups excluding carboxylic acids is 1. The summed E-state index contributed by atoms with van der Waals surface area (Å²) in [6, 6.07) is 10.0. The van der Waals surface area contributed by atoms with Crippen LogP contribution in [0, 0.1) is 0 Å². The Morgan fingerprint density at radius 2 is 1.94 bits per heavy atom. The predicted molar refractivity (Wildman–Crippen MR) is 113 cm³/mol. The maximum Gasteiger partial charge on any atom is 0.302 e. The molecule has 0 unspecified atom stereocenters. The van der Waals surface area contributed by atoms with Crippen molar-refractivity contribution < 1.29 is 23.7 Å². The van der Waals surface area contributed by atoms with Crippen LogP contribution in [0.3, 0.4) is 0 Å². The Morgan fingerprint density at radius 1 is 1.16 bits per heavy atom. The molecule has 2 aromatic heterocycles. The second kappa shape index (κ2) is 8.12. The standard InChI is InChI=1S/C22H25N5O5/c1-13(28)29-10-15-17-18(32-22(2,3)31-17)21(30-15)27-12-26-16-19(24-11-25-20(16)27)23-9-14-7-5-4-6-8-14/h4-8,11-12,15,17-18,21H,9-10H2,1-3H3,(H,23,24,25)/t15-,17-,18-,21-/m0/s1. The van der Waals surface area contributed by atoms with Gasteiger partial charge in [0.05, 0.1) is 6.33 Å². The van der Waals surface area contributed by atoms with E-state index in [2.05, 4.69) is 20.3 Å². The van der Waals surface area contributed by atoms with Crippen LogP contribution in [0.2, 0.25) is 0 Å². The van der Waals surface area contributed by atoms with Crippen LogP contribution in [-0.4, -0.2) is 56.2 Å². The lowest BCUT2D eigenvalue weighted by molar-refractivity contribution is -0.201. The highest BCUT2D eigenvalue weighted by molar-refractivity contribution is 5.82. The van der Waals surface area contributed by atoms with Crippen molar-refractivity contribution in [2.24, 2.45) is 0 Å². The molecule has 168 valence electrons. The fourth-order valence-electron chi connectivity index (χ4n) is 4.17. The molecule has 2 saturated heterocycles. The van der Waals surface area contributed by atoms with E-state index in [0.29, 0.717) is 23.5 Å². The second-order valence-corrected chi connectivity index (χ2v) is 8.32. The lowest BCUT2D eigenvalue weighted by atomic mass is 10.1. The number of nitrogens with one attached hydrogen (secondary N) is 1. The fourth-order valence-corrected chi connectivity index (χ4v) is 4.17. The molecule has 1 aromatic carbocycles. The number of fused-ring (bicyclic) bond motifs is 2. The number of anilines is 1. The topological polar surface area (TPSA) is 110 Å². The van der Waals surface area contributed by atoms with Crippen molar-refractivity contribution in [3.8, 4) is 0 Å². The van der Waals surface area contributed by atoms with Gasteiger partial charge >= 0.3 is 5.97 Å². The average molecular weight is 439 g/mol. The van der Waals surface area contributed by atoms with Gasteiger partial charge in [-0.1, -0.05) is 30.3 Å². The van der Waals surface area contributed by atoms with Crippen LogP contribution in [-0.2, 0) is 30.3 Å². The molecule has 2 aliphatic rings. The molecule has 1 N–H and O–H groups in total. The van der Waals surface area contributed by atoms with Crippen molar-refractivity contribution >= 4 is 23.0 Å². The highest BCUT2D eigenvalue weighted by Crippen LogP contribution is 2.44. The maximum absolute atomic E-state index is 11.3. The van der Waals surface area contributed by atoms with E-state index in [1.54, 1.807) is 6.33 Å². The maximum atomic E-state index is 11.3. The van der Waals surface area contributed by atoms with Crippen molar-refractivity contribution in [2.45, 2.75) is 57.6 Å². The van der Waals surface area contributed by atoms with Gasteiger partial charge in [0.15, 0.2) is 29.0 Å². The summed E-state index contributed by atoms with van der Waals surface area (Å²) >= 11 is 0. The van der Waals surface area contributed by atoms with Crippen LogP contribution < -0.4 is 5.32 Å². The molecule has 5 rings (SSSR count). The lowest BCUT2D eigenvalue weighted by Crippen LogP contribution is -2.33. The van der Waals surface area contributed by atoms with Crippen LogP contribution in [0.1, 0.15) is 32.6 Å². The van der Waals surface area contributed by atoms with Gasteiger partial charge in [-0.3, -0.25) is 9.36 Å². The Balaban J connectivity index is 1.42. The van der Waals surface area contributed by atoms with Crippen molar-refractivity contribution in [1.82, 2.24) is 19.5 Å². The predicted octanol–water partition coefficient (Wildman–Crippen LogP) is 2.42. The molecule has 0 spiro atoms. The normalized spacial score (nSPS) is 26.2. The Hall–Kier alpha value is -3.08. The molecule has 0 bridgehead atoms. The quantitative estimate of drug-likeness (QED) is 0.579. The molecule has 4 atom stereocenters. The summed E-state index contributed by atoms with van der Waals surface area (Å²) in [5.74, 6) is -0.520. The zero-order valence-electron chi connectivity index (χ0n) is 18.1. The van der Waals surface area contributed by atoms with Gasteiger partial charge in [0.25, 0.3) is 0 Å². The van der Waals surface area contributed by atoms with Crippen molar-refractivity contribution in [1.29, 1.82) is 0 Å². The van der Waals surface area contributed by atoms with Crippen LogP contribution in [0.5, 0.6) is 0 Å². The number of aromatic nitrogens is 4. The largest absolute Gasteiger partial charge is 0.463 e. The number of imidazole rings is 1. The van der Waals surface area contributed by atoms with E-state index in [1.807, 2.05) is 48.7 Å². The lowest BCUT2D eigenvalue weighted by Gasteiger charge is -2.24. The molecule has 32 heavy (non-hydrogen) atoms. The van der Waals surface area contributed by atoms with Crippen molar-refractivity contribution in [3.05, 3.63) is 48.5 Å². The van der Waals surface area contributed by atoms with Crippen molar-refractivity contribution in [3.63, 3.8) is 0 Å². The van der Waals surface area contributed by atoms with Crippen molar-refractivity contribution in [2.75, 3.05) is 11.9 Å². The fraction of sp³-hybridized carbons (Fsp3) is 0.455. The summed E-state index contributed by atoms with van der Waals surface area (Å²) in [7, 11) is 0. The molecule has 0 saturated carbocycles. The summed E-state index contributed by atoms with van der Waals surface area (Å²) in [6.45, 7) is 5.76. The van der Waals surface area contributed by atoms with E-state index in [-0.39, 0.29) is 18.7 Å². The molecular formula is C22H25N5O5. The Morgan fingerprint density at radius 3 is 2.72 bits per heavy atom. The van der Waals surface area contributed by atoms with Gasteiger partial charge in [-0.25, -0.2) is 15.0 Å².